The van der Waals surface area contributed by atoms with Crippen molar-refractivity contribution in [3.8, 4) is 0 Å². The first kappa shape index (κ1) is 20.6. The number of aryl methyl sites for hydroxylation is 1. The maximum absolute atomic E-state index is 12.8. The van der Waals surface area contributed by atoms with E-state index in [4.69, 9.17) is 11.5 Å². The number of nitrogens with zero attached hydrogens (tertiary/aromatic N) is 2. The van der Waals surface area contributed by atoms with Gasteiger partial charge in [0.2, 0.25) is 0 Å². The molecule has 10 heteroatoms. The number of guanidine groups is 1. The monoisotopic (exact) mass is 370 g/mol. The van der Waals surface area contributed by atoms with Crippen molar-refractivity contribution in [1.29, 1.82) is 0 Å². The lowest BCUT2D eigenvalue weighted by atomic mass is 10.1. The highest BCUT2D eigenvalue weighted by molar-refractivity contribution is 7.91. The maximum atomic E-state index is 12.8. The minimum Gasteiger partial charge on any atom is -0.370 e. The SMILES string of the molecule is CCCCCS(=O)(=O)c1c(CC)ccc([N+](=O)[O-])c1C(=O)N=C(N)N. The molecule has 1 rings (SSSR count). The predicted octanol–water partition coefficient (Wildman–Crippen LogP) is 1.53. The minimum absolute atomic E-state index is 0.211. The Labute approximate surface area is 146 Å². The zero-order valence-electron chi connectivity index (χ0n) is 14.2. The Morgan fingerprint density at radius 1 is 1.24 bits per heavy atom. The van der Waals surface area contributed by atoms with Crippen LogP contribution in [0.1, 0.15) is 49.0 Å². The van der Waals surface area contributed by atoms with Crippen molar-refractivity contribution in [1.82, 2.24) is 0 Å². The van der Waals surface area contributed by atoms with E-state index in [2.05, 4.69) is 4.99 Å². The third-order valence-corrected chi connectivity index (χ3v) is 5.48. The molecular formula is C15H22N4O5S. The van der Waals surface area contributed by atoms with Crippen LogP contribution in [0.25, 0.3) is 0 Å². The summed E-state index contributed by atoms with van der Waals surface area (Å²) in [5.74, 6) is -1.96. The number of aliphatic imine (C=N–C) groups is 1. The highest BCUT2D eigenvalue weighted by Crippen LogP contribution is 2.32. The van der Waals surface area contributed by atoms with Crippen molar-refractivity contribution in [3.63, 3.8) is 0 Å². The number of nitrogens with two attached hydrogens (primary N) is 2. The van der Waals surface area contributed by atoms with E-state index >= 15 is 0 Å². The summed E-state index contributed by atoms with van der Waals surface area (Å²) in [5, 5.41) is 11.3. The molecule has 0 bridgehead atoms. The van der Waals surface area contributed by atoms with Gasteiger partial charge in [-0.1, -0.05) is 32.8 Å². The van der Waals surface area contributed by atoms with Crippen molar-refractivity contribution in [2.24, 2.45) is 16.5 Å². The number of unbranched alkanes of at least 4 members (excludes halogenated alkanes) is 2. The number of carbonyl (C=O) groups is 1. The molecule has 1 aromatic rings. The molecule has 0 aliphatic carbocycles. The number of sulfone groups is 1. The molecule has 1 aromatic carbocycles. The van der Waals surface area contributed by atoms with Crippen molar-refractivity contribution in [2.75, 3.05) is 5.75 Å². The smallest absolute Gasteiger partial charge is 0.288 e. The van der Waals surface area contributed by atoms with Gasteiger partial charge in [-0.2, -0.15) is 4.99 Å². The van der Waals surface area contributed by atoms with E-state index in [0.717, 1.165) is 12.5 Å². The number of nitro benzene ring substituents is 1. The second kappa shape index (κ2) is 8.56. The quantitative estimate of drug-likeness (QED) is 0.231. The lowest BCUT2D eigenvalue weighted by molar-refractivity contribution is -0.385. The standard InChI is InChI=1S/C15H22N4O5S/c1-3-5-6-9-25(23,24)13-10(4-2)7-8-11(19(21)22)12(13)14(20)18-15(16)17/h7-8H,3-6,9H2,1-2H3,(H4,16,17,18,20). The second-order valence-corrected chi connectivity index (χ2v) is 7.47. The average Bonchev–Trinajstić information content (AvgIpc) is 2.52. The molecule has 0 aromatic heterocycles. The van der Waals surface area contributed by atoms with Crippen LogP contribution in [-0.4, -0.2) is 31.0 Å². The third kappa shape index (κ3) is 4.99. The molecule has 0 radical (unpaired) electrons. The number of hydrogen-bond donors (Lipinski definition) is 2. The van der Waals surface area contributed by atoms with Crippen LogP contribution in [0.5, 0.6) is 0 Å². The summed E-state index contributed by atoms with van der Waals surface area (Å²) in [4.78, 5) is 25.8. The number of nitro groups is 1. The Kier molecular flexibility index (Phi) is 7.04. The van der Waals surface area contributed by atoms with Crippen LogP contribution in [-0.2, 0) is 16.3 Å². The zero-order valence-corrected chi connectivity index (χ0v) is 15.0. The van der Waals surface area contributed by atoms with Gasteiger partial charge in [-0.15, -0.1) is 0 Å². The topological polar surface area (TPSA) is 159 Å². The fourth-order valence-corrected chi connectivity index (χ4v) is 4.33. The van der Waals surface area contributed by atoms with Gasteiger partial charge in [0.05, 0.1) is 15.6 Å². The van der Waals surface area contributed by atoms with E-state index in [1.165, 1.54) is 6.07 Å². The van der Waals surface area contributed by atoms with Crippen molar-refractivity contribution in [3.05, 3.63) is 33.4 Å². The van der Waals surface area contributed by atoms with Gasteiger partial charge in [0.15, 0.2) is 15.8 Å². The molecule has 0 spiro atoms. The van der Waals surface area contributed by atoms with Crippen molar-refractivity contribution in [2.45, 2.75) is 44.4 Å². The van der Waals surface area contributed by atoms with Gasteiger partial charge in [0.1, 0.15) is 5.56 Å². The molecule has 4 N–H and O–H groups in total. The Morgan fingerprint density at radius 2 is 1.88 bits per heavy atom. The predicted molar refractivity (Wildman–Crippen MR) is 94.2 cm³/mol. The van der Waals surface area contributed by atoms with Crippen LogP contribution in [0.2, 0.25) is 0 Å². The molecule has 25 heavy (non-hydrogen) atoms. The highest BCUT2D eigenvalue weighted by atomic mass is 32.2. The van der Waals surface area contributed by atoms with E-state index in [9.17, 15) is 23.3 Å². The van der Waals surface area contributed by atoms with Gasteiger partial charge < -0.3 is 11.5 Å². The molecule has 0 aliphatic rings. The lowest BCUT2D eigenvalue weighted by Crippen LogP contribution is -2.25. The molecule has 1 amide bonds. The summed E-state index contributed by atoms with van der Waals surface area (Å²) >= 11 is 0. The van der Waals surface area contributed by atoms with Crippen LogP contribution < -0.4 is 11.5 Å². The first-order valence-electron chi connectivity index (χ1n) is 7.82. The van der Waals surface area contributed by atoms with Crippen LogP contribution >= 0.6 is 0 Å². The molecule has 0 fully saturated rings. The van der Waals surface area contributed by atoms with Crippen molar-refractivity contribution < 1.29 is 18.1 Å². The maximum Gasteiger partial charge on any atom is 0.288 e. The van der Waals surface area contributed by atoms with Crippen LogP contribution in [0.3, 0.4) is 0 Å². The number of benzene rings is 1. The van der Waals surface area contributed by atoms with Crippen molar-refractivity contribution >= 4 is 27.4 Å². The average molecular weight is 370 g/mol. The summed E-state index contributed by atoms with van der Waals surface area (Å²) in [6.45, 7) is 3.62. The molecule has 0 heterocycles. The summed E-state index contributed by atoms with van der Waals surface area (Å²) in [5.41, 5.74) is 9.43. The number of carbonyl (C=O) groups excluding carboxylic acids is 1. The number of rotatable bonds is 8. The van der Waals surface area contributed by atoms with E-state index < -0.39 is 37.9 Å². The minimum atomic E-state index is -3.92. The lowest BCUT2D eigenvalue weighted by Gasteiger charge is -2.13. The van der Waals surface area contributed by atoms with E-state index in [1.807, 2.05) is 6.92 Å². The molecular weight excluding hydrogens is 348 g/mol. The number of hydrogen-bond acceptors (Lipinski definition) is 5. The van der Waals surface area contributed by atoms with Crippen LogP contribution in [0, 0.1) is 10.1 Å². The molecule has 0 saturated carbocycles. The Morgan fingerprint density at radius 3 is 2.36 bits per heavy atom. The number of amides is 1. The largest absolute Gasteiger partial charge is 0.370 e. The summed E-state index contributed by atoms with van der Waals surface area (Å²) in [6, 6.07) is 2.44. The Bertz CT molecular complexity index is 798. The molecule has 0 saturated heterocycles. The van der Waals surface area contributed by atoms with Gasteiger partial charge >= 0.3 is 0 Å². The molecule has 138 valence electrons. The van der Waals surface area contributed by atoms with Crippen LogP contribution in [0.4, 0.5) is 5.69 Å². The van der Waals surface area contributed by atoms with Gasteiger partial charge in [-0.3, -0.25) is 14.9 Å². The highest BCUT2D eigenvalue weighted by Gasteiger charge is 2.32. The first-order chi connectivity index (χ1) is 11.7. The molecule has 0 unspecified atom stereocenters. The Hall–Kier alpha value is -2.49. The van der Waals surface area contributed by atoms with Gasteiger partial charge in [0, 0.05) is 6.07 Å². The van der Waals surface area contributed by atoms with Gasteiger partial charge in [-0.05, 0) is 18.4 Å². The summed E-state index contributed by atoms with van der Waals surface area (Å²) < 4.78 is 25.6. The molecule has 0 atom stereocenters. The third-order valence-electron chi connectivity index (χ3n) is 3.57. The molecule has 0 aliphatic heterocycles. The summed E-state index contributed by atoms with van der Waals surface area (Å²) in [7, 11) is -3.92. The van der Waals surface area contributed by atoms with Crippen LogP contribution in [0.15, 0.2) is 22.0 Å². The Balaban J connectivity index is 3.72. The van der Waals surface area contributed by atoms with E-state index in [-0.39, 0.29) is 17.1 Å². The van der Waals surface area contributed by atoms with E-state index in [0.29, 0.717) is 18.4 Å². The van der Waals surface area contributed by atoms with Gasteiger partial charge in [0.25, 0.3) is 11.6 Å². The normalized spacial score (nSPS) is 11.1. The zero-order chi connectivity index (χ0) is 19.2. The fourth-order valence-electron chi connectivity index (χ4n) is 2.43. The fraction of sp³-hybridized carbons (Fsp3) is 0.467. The molecule has 9 nitrogen and oxygen atoms in total. The summed E-state index contributed by atoms with van der Waals surface area (Å²) in [6.07, 6.45) is 2.17. The first-order valence-corrected chi connectivity index (χ1v) is 9.47. The van der Waals surface area contributed by atoms with E-state index in [1.54, 1.807) is 6.92 Å². The second-order valence-electron chi connectivity index (χ2n) is 5.43. The van der Waals surface area contributed by atoms with Gasteiger partial charge in [-0.25, -0.2) is 8.42 Å².